The van der Waals surface area contributed by atoms with Gasteiger partial charge in [0.1, 0.15) is 0 Å². The number of hydrogen-bond donors (Lipinski definition) is 1. The minimum atomic E-state index is -0.608. The quantitative estimate of drug-likeness (QED) is 0.747. The first-order valence-corrected chi connectivity index (χ1v) is 6.01. The third kappa shape index (κ3) is 1.73. The maximum Gasteiger partial charge on any atom is 0.324 e. The summed E-state index contributed by atoms with van der Waals surface area (Å²) in [6, 6.07) is -0.410. The number of ether oxygens (including phenoxy) is 1. The Morgan fingerprint density at radius 3 is 2.47 bits per heavy atom. The molecule has 0 aromatic rings. The van der Waals surface area contributed by atoms with Crippen LogP contribution in [0.15, 0.2) is 0 Å². The number of rotatable bonds is 1. The van der Waals surface area contributed by atoms with E-state index in [2.05, 4.69) is 5.32 Å². The molecule has 1 unspecified atom stereocenters. The minimum Gasteiger partial charge on any atom is -0.379 e. The van der Waals surface area contributed by atoms with Gasteiger partial charge >= 0.3 is 6.03 Å². The lowest BCUT2D eigenvalue weighted by molar-refractivity contribution is -0.146. The Balaban J connectivity index is 2.30. The normalized spacial score (nSPS) is 31.5. The van der Waals surface area contributed by atoms with Crippen molar-refractivity contribution < 1.29 is 14.3 Å². The number of imide groups is 1. The monoisotopic (exact) mass is 240 g/mol. The van der Waals surface area contributed by atoms with E-state index in [1.54, 1.807) is 0 Å². The van der Waals surface area contributed by atoms with Gasteiger partial charge in [0.25, 0.3) is 0 Å². The molecule has 2 rings (SSSR count). The van der Waals surface area contributed by atoms with Crippen LogP contribution in [0.4, 0.5) is 4.79 Å². The van der Waals surface area contributed by atoms with Gasteiger partial charge in [-0.1, -0.05) is 0 Å². The molecule has 0 bridgehead atoms. The van der Waals surface area contributed by atoms with Gasteiger partial charge in [0.05, 0.1) is 23.6 Å². The highest BCUT2D eigenvalue weighted by Gasteiger charge is 2.53. The zero-order valence-electron chi connectivity index (χ0n) is 10.9. The molecule has 5 heteroatoms. The number of urea groups is 1. The number of carbonyl (C=O) groups excluding carboxylic acids is 2. The van der Waals surface area contributed by atoms with E-state index >= 15 is 0 Å². The van der Waals surface area contributed by atoms with Crippen molar-refractivity contribution in [2.24, 2.45) is 5.41 Å². The highest BCUT2D eigenvalue weighted by Crippen LogP contribution is 2.37. The Bertz CT molecular complexity index is 357. The predicted octanol–water partition coefficient (Wildman–Crippen LogP) is 1.13. The average Bonchev–Trinajstić information content (AvgIpc) is 2.68. The van der Waals surface area contributed by atoms with Crippen LogP contribution in [0, 0.1) is 5.41 Å². The van der Waals surface area contributed by atoms with E-state index < -0.39 is 11.0 Å². The van der Waals surface area contributed by atoms with E-state index in [-0.39, 0.29) is 18.0 Å². The molecule has 2 heterocycles. The van der Waals surface area contributed by atoms with Gasteiger partial charge in [-0.15, -0.1) is 0 Å². The van der Waals surface area contributed by atoms with Crippen LogP contribution in [0.2, 0.25) is 0 Å². The van der Waals surface area contributed by atoms with Crippen molar-refractivity contribution >= 4 is 11.9 Å². The Morgan fingerprint density at radius 1 is 1.29 bits per heavy atom. The van der Waals surface area contributed by atoms with Crippen LogP contribution in [-0.4, -0.2) is 41.6 Å². The summed E-state index contributed by atoms with van der Waals surface area (Å²) in [6.07, 6.45) is 0.732. The van der Waals surface area contributed by atoms with Gasteiger partial charge in [-0.05, 0) is 34.1 Å². The summed E-state index contributed by atoms with van der Waals surface area (Å²) < 4.78 is 5.25. The summed E-state index contributed by atoms with van der Waals surface area (Å²) >= 11 is 0. The fourth-order valence-electron chi connectivity index (χ4n) is 2.20. The third-order valence-corrected chi connectivity index (χ3v) is 4.22. The molecule has 2 fully saturated rings. The number of nitrogens with zero attached hydrogens (tertiary/aromatic N) is 1. The fraction of sp³-hybridized carbons (Fsp3) is 0.833. The predicted molar refractivity (Wildman–Crippen MR) is 62.5 cm³/mol. The summed E-state index contributed by atoms with van der Waals surface area (Å²) in [6.45, 7) is 8.58. The van der Waals surface area contributed by atoms with Crippen molar-refractivity contribution in [3.63, 3.8) is 0 Å². The van der Waals surface area contributed by atoms with E-state index in [0.717, 1.165) is 6.42 Å². The summed E-state index contributed by atoms with van der Waals surface area (Å²) in [5, 5.41) is 2.91. The van der Waals surface area contributed by atoms with Crippen molar-refractivity contribution in [1.29, 1.82) is 0 Å². The molecule has 5 nitrogen and oxygen atoms in total. The minimum absolute atomic E-state index is 0.109. The van der Waals surface area contributed by atoms with Gasteiger partial charge in [0.2, 0.25) is 5.91 Å². The second-order valence-corrected chi connectivity index (χ2v) is 5.87. The lowest BCUT2D eigenvalue weighted by atomic mass is 9.72. The van der Waals surface area contributed by atoms with E-state index in [4.69, 9.17) is 4.74 Å². The number of amides is 3. The molecule has 0 aromatic carbocycles. The van der Waals surface area contributed by atoms with Gasteiger partial charge in [0, 0.05) is 6.61 Å². The SMILES string of the molecule is CC1(C)NC(=O)N(C2CCOC2)C(=O)C1(C)C. The van der Waals surface area contributed by atoms with Crippen LogP contribution < -0.4 is 5.32 Å². The number of hydrogen-bond acceptors (Lipinski definition) is 3. The molecule has 3 amide bonds. The van der Waals surface area contributed by atoms with Gasteiger partial charge in [0.15, 0.2) is 0 Å². The Morgan fingerprint density at radius 2 is 1.94 bits per heavy atom. The van der Waals surface area contributed by atoms with Gasteiger partial charge < -0.3 is 10.1 Å². The molecule has 0 saturated carbocycles. The van der Waals surface area contributed by atoms with Crippen LogP contribution in [0.1, 0.15) is 34.1 Å². The molecule has 1 N–H and O–H groups in total. The summed E-state index contributed by atoms with van der Waals surface area (Å²) in [5.41, 5.74) is -1.14. The first kappa shape index (κ1) is 12.4. The van der Waals surface area contributed by atoms with Crippen LogP contribution in [-0.2, 0) is 9.53 Å². The van der Waals surface area contributed by atoms with E-state index in [1.807, 2.05) is 27.7 Å². The fourth-order valence-corrected chi connectivity index (χ4v) is 2.20. The van der Waals surface area contributed by atoms with Crippen molar-refractivity contribution in [2.45, 2.75) is 45.7 Å². The standard InChI is InChI=1S/C12H20N2O3/c1-11(2)9(15)14(8-5-6-17-7-8)10(16)13-12(11,3)4/h8H,5-7H2,1-4H3,(H,13,16). The van der Waals surface area contributed by atoms with Crippen LogP contribution in [0.3, 0.4) is 0 Å². The van der Waals surface area contributed by atoms with E-state index in [9.17, 15) is 9.59 Å². The molecular formula is C12H20N2O3. The molecule has 0 radical (unpaired) electrons. The molecule has 0 spiro atoms. The van der Waals surface area contributed by atoms with Crippen molar-refractivity contribution in [2.75, 3.05) is 13.2 Å². The first-order chi connectivity index (χ1) is 7.77. The average molecular weight is 240 g/mol. The van der Waals surface area contributed by atoms with Gasteiger partial charge in [-0.25, -0.2) is 4.79 Å². The Kier molecular flexibility index (Phi) is 2.69. The van der Waals surface area contributed by atoms with Crippen molar-refractivity contribution in [3.05, 3.63) is 0 Å². The molecule has 2 saturated heterocycles. The molecule has 2 aliphatic heterocycles. The highest BCUT2D eigenvalue weighted by atomic mass is 16.5. The number of nitrogens with one attached hydrogen (secondary N) is 1. The highest BCUT2D eigenvalue weighted by molar-refractivity contribution is 6.01. The Hall–Kier alpha value is -1.10. The molecular weight excluding hydrogens is 220 g/mol. The van der Waals surface area contributed by atoms with Crippen LogP contribution in [0.25, 0.3) is 0 Å². The zero-order valence-corrected chi connectivity index (χ0v) is 10.9. The maximum atomic E-state index is 12.5. The first-order valence-electron chi connectivity index (χ1n) is 6.01. The van der Waals surface area contributed by atoms with E-state index in [0.29, 0.717) is 13.2 Å². The van der Waals surface area contributed by atoms with Crippen molar-refractivity contribution in [1.82, 2.24) is 10.2 Å². The summed E-state index contributed by atoms with van der Waals surface area (Å²) in [4.78, 5) is 25.8. The molecule has 96 valence electrons. The lowest BCUT2D eigenvalue weighted by Gasteiger charge is -2.49. The molecule has 2 aliphatic rings. The molecule has 0 aliphatic carbocycles. The third-order valence-electron chi connectivity index (χ3n) is 4.22. The van der Waals surface area contributed by atoms with Gasteiger partial charge in [-0.3, -0.25) is 9.69 Å². The smallest absolute Gasteiger partial charge is 0.324 e. The number of carbonyl (C=O) groups is 2. The van der Waals surface area contributed by atoms with Crippen molar-refractivity contribution in [3.8, 4) is 0 Å². The van der Waals surface area contributed by atoms with Gasteiger partial charge in [-0.2, -0.15) is 0 Å². The van der Waals surface area contributed by atoms with Crippen LogP contribution in [0.5, 0.6) is 0 Å². The summed E-state index contributed by atoms with van der Waals surface area (Å²) in [7, 11) is 0. The second kappa shape index (κ2) is 3.70. The topological polar surface area (TPSA) is 58.6 Å². The van der Waals surface area contributed by atoms with Crippen LogP contribution >= 0.6 is 0 Å². The maximum absolute atomic E-state index is 12.5. The molecule has 17 heavy (non-hydrogen) atoms. The Labute approximate surface area is 101 Å². The lowest BCUT2D eigenvalue weighted by Crippen LogP contribution is -2.70. The molecule has 0 aromatic heterocycles. The second-order valence-electron chi connectivity index (χ2n) is 5.87. The summed E-state index contributed by atoms with van der Waals surface area (Å²) in [5.74, 6) is -0.109. The van der Waals surface area contributed by atoms with E-state index in [1.165, 1.54) is 4.90 Å². The largest absolute Gasteiger partial charge is 0.379 e. The zero-order chi connectivity index (χ0) is 12.8. The molecule has 1 atom stereocenters.